The second-order valence-corrected chi connectivity index (χ2v) is 5.01. The molecule has 0 fully saturated rings. The van der Waals surface area contributed by atoms with Gasteiger partial charge in [-0.15, -0.1) is 0 Å². The van der Waals surface area contributed by atoms with E-state index in [9.17, 15) is 4.79 Å². The Kier molecular flexibility index (Phi) is 3.36. The molecule has 21 heavy (non-hydrogen) atoms. The first-order chi connectivity index (χ1) is 10.1. The number of aromatic nitrogens is 2. The highest BCUT2D eigenvalue weighted by atomic mass is 16.1. The van der Waals surface area contributed by atoms with Crippen molar-refractivity contribution in [3.8, 4) is 0 Å². The van der Waals surface area contributed by atoms with Crippen LogP contribution in [-0.2, 0) is 0 Å². The van der Waals surface area contributed by atoms with Gasteiger partial charge in [0.25, 0.3) is 5.91 Å². The van der Waals surface area contributed by atoms with E-state index in [0.717, 1.165) is 16.6 Å². The third kappa shape index (κ3) is 2.74. The summed E-state index contributed by atoms with van der Waals surface area (Å²) in [6.07, 6.45) is 3.28. The van der Waals surface area contributed by atoms with Gasteiger partial charge in [-0.25, -0.2) is 0 Å². The van der Waals surface area contributed by atoms with Crippen LogP contribution in [0.15, 0.2) is 48.8 Å². The lowest BCUT2D eigenvalue weighted by Gasteiger charge is -2.08. The largest absolute Gasteiger partial charge is 0.322 e. The Morgan fingerprint density at radius 2 is 1.67 bits per heavy atom. The molecule has 0 aliphatic heterocycles. The van der Waals surface area contributed by atoms with Crippen LogP contribution in [0.25, 0.3) is 11.0 Å². The standard InChI is InChI=1S/C17H15N3O/c1-11-3-4-13(9-12(11)2)17(21)20-14-5-6-15-16(10-14)19-8-7-18-15/h3-10H,1-2H3,(H,20,21). The lowest BCUT2D eigenvalue weighted by atomic mass is 10.1. The molecule has 0 saturated carbocycles. The minimum absolute atomic E-state index is 0.124. The van der Waals surface area contributed by atoms with Crippen LogP contribution in [0, 0.1) is 13.8 Å². The molecule has 104 valence electrons. The first-order valence-electron chi connectivity index (χ1n) is 6.73. The van der Waals surface area contributed by atoms with E-state index in [1.807, 2.05) is 50.2 Å². The SMILES string of the molecule is Cc1ccc(C(=O)Nc2ccc3nccnc3c2)cc1C. The Labute approximate surface area is 122 Å². The predicted octanol–water partition coefficient (Wildman–Crippen LogP) is 3.50. The Hall–Kier alpha value is -2.75. The fraction of sp³-hybridized carbons (Fsp3) is 0.118. The van der Waals surface area contributed by atoms with Crippen LogP contribution in [0.1, 0.15) is 21.5 Å². The van der Waals surface area contributed by atoms with Gasteiger partial charge in [0.1, 0.15) is 0 Å². The predicted molar refractivity (Wildman–Crippen MR) is 83.4 cm³/mol. The topological polar surface area (TPSA) is 54.9 Å². The molecular formula is C17H15N3O. The van der Waals surface area contributed by atoms with Crippen molar-refractivity contribution in [2.24, 2.45) is 0 Å². The van der Waals surface area contributed by atoms with E-state index < -0.39 is 0 Å². The maximum atomic E-state index is 12.3. The first kappa shape index (κ1) is 13.2. The number of fused-ring (bicyclic) bond motifs is 1. The lowest BCUT2D eigenvalue weighted by molar-refractivity contribution is 0.102. The number of carbonyl (C=O) groups is 1. The van der Waals surface area contributed by atoms with Crippen molar-refractivity contribution in [1.29, 1.82) is 0 Å². The average Bonchev–Trinajstić information content (AvgIpc) is 2.50. The third-order valence-electron chi connectivity index (χ3n) is 3.50. The van der Waals surface area contributed by atoms with Crippen LogP contribution in [0.4, 0.5) is 5.69 Å². The number of nitrogens with one attached hydrogen (secondary N) is 1. The van der Waals surface area contributed by atoms with Gasteiger partial charge >= 0.3 is 0 Å². The second kappa shape index (κ2) is 5.32. The minimum atomic E-state index is -0.124. The molecule has 1 N–H and O–H groups in total. The Bertz CT molecular complexity index is 827. The maximum absolute atomic E-state index is 12.3. The number of benzene rings is 2. The summed E-state index contributed by atoms with van der Waals surface area (Å²) in [6.45, 7) is 4.02. The molecule has 2 aromatic carbocycles. The number of amides is 1. The summed E-state index contributed by atoms with van der Waals surface area (Å²) in [6, 6.07) is 11.2. The van der Waals surface area contributed by atoms with Crippen LogP contribution in [0.5, 0.6) is 0 Å². The summed E-state index contributed by atoms with van der Waals surface area (Å²) >= 11 is 0. The molecule has 1 aromatic heterocycles. The monoisotopic (exact) mass is 277 g/mol. The van der Waals surface area contributed by atoms with Crippen LogP contribution < -0.4 is 5.32 Å². The molecule has 1 amide bonds. The van der Waals surface area contributed by atoms with Gasteiger partial charge in [0.2, 0.25) is 0 Å². The molecule has 4 nitrogen and oxygen atoms in total. The van der Waals surface area contributed by atoms with Gasteiger partial charge in [-0.05, 0) is 55.3 Å². The average molecular weight is 277 g/mol. The molecule has 0 saturated heterocycles. The van der Waals surface area contributed by atoms with Gasteiger partial charge in [0, 0.05) is 23.6 Å². The summed E-state index contributed by atoms with van der Waals surface area (Å²) in [4.78, 5) is 20.7. The van der Waals surface area contributed by atoms with Gasteiger partial charge < -0.3 is 5.32 Å². The van der Waals surface area contributed by atoms with E-state index in [1.165, 1.54) is 5.56 Å². The number of hydrogen-bond acceptors (Lipinski definition) is 3. The number of rotatable bonds is 2. The van der Waals surface area contributed by atoms with Crippen molar-refractivity contribution < 1.29 is 4.79 Å². The smallest absolute Gasteiger partial charge is 0.255 e. The lowest BCUT2D eigenvalue weighted by Crippen LogP contribution is -2.12. The molecule has 0 aliphatic carbocycles. The highest BCUT2D eigenvalue weighted by Gasteiger charge is 2.08. The summed E-state index contributed by atoms with van der Waals surface area (Å²) in [5, 5.41) is 2.89. The summed E-state index contributed by atoms with van der Waals surface area (Å²) in [5.74, 6) is -0.124. The number of aryl methyl sites for hydroxylation is 2. The molecule has 0 spiro atoms. The second-order valence-electron chi connectivity index (χ2n) is 5.01. The van der Waals surface area contributed by atoms with Crippen molar-refractivity contribution in [1.82, 2.24) is 9.97 Å². The number of hydrogen-bond donors (Lipinski definition) is 1. The fourth-order valence-electron chi connectivity index (χ4n) is 2.13. The van der Waals surface area contributed by atoms with E-state index in [1.54, 1.807) is 12.4 Å². The van der Waals surface area contributed by atoms with E-state index in [2.05, 4.69) is 15.3 Å². The number of carbonyl (C=O) groups excluding carboxylic acids is 1. The molecule has 3 rings (SSSR count). The van der Waals surface area contributed by atoms with E-state index in [-0.39, 0.29) is 5.91 Å². The molecule has 0 radical (unpaired) electrons. The zero-order chi connectivity index (χ0) is 14.8. The molecule has 1 heterocycles. The van der Waals surface area contributed by atoms with Gasteiger partial charge in [0.15, 0.2) is 0 Å². The van der Waals surface area contributed by atoms with Gasteiger partial charge in [-0.3, -0.25) is 14.8 Å². The Morgan fingerprint density at radius 3 is 2.43 bits per heavy atom. The van der Waals surface area contributed by atoms with Gasteiger partial charge in [-0.2, -0.15) is 0 Å². The summed E-state index contributed by atoms with van der Waals surface area (Å²) in [5.41, 5.74) is 5.21. The van der Waals surface area contributed by atoms with Crippen molar-refractivity contribution >= 4 is 22.6 Å². The number of anilines is 1. The van der Waals surface area contributed by atoms with Crippen LogP contribution in [0.2, 0.25) is 0 Å². The van der Waals surface area contributed by atoms with Gasteiger partial charge in [0.05, 0.1) is 11.0 Å². The maximum Gasteiger partial charge on any atom is 0.255 e. The van der Waals surface area contributed by atoms with Crippen molar-refractivity contribution in [3.05, 3.63) is 65.5 Å². The molecular weight excluding hydrogens is 262 g/mol. The highest BCUT2D eigenvalue weighted by molar-refractivity contribution is 6.05. The molecule has 0 bridgehead atoms. The fourth-order valence-corrected chi connectivity index (χ4v) is 2.13. The van der Waals surface area contributed by atoms with Crippen molar-refractivity contribution in [3.63, 3.8) is 0 Å². The summed E-state index contributed by atoms with van der Waals surface area (Å²) in [7, 11) is 0. The Balaban J connectivity index is 1.87. The van der Waals surface area contributed by atoms with Crippen molar-refractivity contribution in [2.75, 3.05) is 5.32 Å². The molecule has 0 aliphatic rings. The van der Waals surface area contributed by atoms with Crippen LogP contribution >= 0.6 is 0 Å². The van der Waals surface area contributed by atoms with E-state index in [0.29, 0.717) is 11.3 Å². The third-order valence-corrected chi connectivity index (χ3v) is 3.50. The highest BCUT2D eigenvalue weighted by Crippen LogP contribution is 2.17. The Morgan fingerprint density at radius 1 is 0.905 bits per heavy atom. The van der Waals surface area contributed by atoms with E-state index >= 15 is 0 Å². The van der Waals surface area contributed by atoms with Crippen LogP contribution in [-0.4, -0.2) is 15.9 Å². The van der Waals surface area contributed by atoms with Gasteiger partial charge in [-0.1, -0.05) is 6.07 Å². The zero-order valence-corrected chi connectivity index (χ0v) is 11.9. The van der Waals surface area contributed by atoms with E-state index in [4.69, 9.17) is 0 Å². The molecule has 4 heteroatoms. The molecule has 3 aromatic rings. The quantitative estimate of drug-likeness (QED) is 0.780. The minimum Gasteiger partial charge on any atom is -0.322 e. The zero-order valence-electron chi connectivity index (χ0n) is 11.9. The number of nitrogens with zero attached hydrogens (tertiary/aromatic N) is 2. The molecule has 0 atom stereocenters. The first-order valence-corrected chi connectivity index (χ1v) is 6.73. The van der Waals surface area contributed by atoms with Crippen LogP contribution in [0.3, 0.4) is 0 Å². The van der Waals surface area contributed by atoms with Crippen molar-refractivity contribution in [2.45, 2.75) is 13.8 Å². The molecule has 0 unspecified atom stereocenters. The summed E-state index contributed by atoms with van der Waals surface area (Å²) < 4.78 is 0. The normalized spacial score (nSPS) is 10.6.